The first-order valence-electron chi connectivity index (χ1n) is 7.26. The van der Waals surface area contributed by atoms with Crippen molar-refractivity contribution in [2.24, 2.45) is 5.73 Å². The Morgan fingerprint density at radius 3 is 2.40 bits per heavy atom. The molecule has 3 N–H and O–H groups in total. The van der Waals surface area contributed by atoms with Gasteiger partial charge in [0.05, 0.1) is 6.54 Å². The molecule has 4 nitrogen and oxygen atoms in total. The van der Waals surface area contributed by atoms with Crippen molar-refractivity contribution < 1.29 is 4.79 Å². The quantitative estimate of drug-likeness (QED) is 0.804. The molecule has 20 heavy (non-hydrogen) atoms. The summed E-state index contributed by atoms with van der Waals surface area (Å²) < 4.78 is 0. The Kier molecular flexibility index (Phi) is 6.17. The first kappa shape index (κ1) is 16.7. The van der Waals surface area contributed by atoms with Crippen LogP contribution in [-0.2, 0) is 4.79 Å². The van der Waals surface area contributed by atoms with Crippen LogP contribution in [0.1, 0.15) is 32.3 Å². The maximum atomic E-state index is 12.2. The number of nitrogens with two attached hydrogens (primary N) is 1. The van der Waals surface area contributed by atoms with Gasteiger partial charge in [-0.05, 0) is 38.4 Å². The number of benzene rings is 1. The third kappa shape index (κ3) is 3.81. The lowest BCUT2D eigenvalue weighted by molar-refractivity contribution is -0.118. The van der Waals surface area contributed by atoms with Gasteiger partial charge >= 0.3 is 0 Å². The number of anilines is 1. The van der Waals surface area contributed by atoms with E-state index in [1.54, 1.807) is 0 Å². The number of carbonyl (C=O) groups is 1. The highest BCUT2D eigenvalue weighted by atomic mass is 16.2. The molecule has 1 aromatic carbocycles. The SMILES string of the molecule is CCC(CC)(CN)N(C)CC(=O)Nc1ccccc1C. The Balaban J connectivity index is 2.69. The summed E-state index contributed by atoms with van der Waals surface area (Å²) in [4.78, 5) is 14.2. The summed E-state index contributed by atoms with van der Waals surface area (Å²) in [5.74, 6) is 0.00141. The molecule has 1 amide bonds. The van der Waals surface area contributed by atoms with Crippen LogP contribution in [-0.4, -0.2) is 36.5 Å². The van der Waals surface area contributed by atoms with Gasteiger partial charge in [-0.15, -0.1) is 0 Å². The monoisotopic (exact) mass is 277 g/mol. The largest absolute Gasteiger partial charge is 0.329 e. The van der Waals surface area contributed by atoms with Crippen molar-refractivity contribution in [3.05, 3.63) is 29.8 Å². The van der Waals surface area contributed by atoms with Crippen LogP contribution < -0.4 is 11.1 Å². The minimum Gasteiger partial charge on any atom is -0.329 e. The molecule has 112 valence electrons. The van der Waals surface area contributed by atoms with Gasteiger partial charge < -0.3 is 11.1 Å². The molecule has 0 saturated carbocycles. The van der Waals surface area contributed by atoms with Crippen LogP contribution in [0.3, 0.4) is 0 Å². The molecular weight excluding hydrogens is 250 g/mol. The smallest absolute Gasteiger partial charge is 0.238 e. The summed E-state index contributed by atoms with van der Waals surface area (Å²) in [6.45, 7) is 7.14. The summed E-state index contributed by atoms with van der Waals surface area (Å²) in [6, 6.07) is 7.80. The number of nitrogens with zero attached hydrogens (tertiary/aromatic N) is 1. The number of rotatable bonds is 7. The topological polar surface area (TPSA) is 58.4 Å². The molecule has 0 heterocycles. The van der Waals surface area contributed by atoms with Gasteiger partial charge in [-0.1, -0.05) is 32.0 Å². The normalized spacial score (nSPS) is 11.7. The van der Waals surface area contributed by atoms with Gasteiger partial charge in [0.1, 0.15) is 0 Å². The van der Waals surface area contributed by atoms with Crippen LogP contribution in [0.4, 0.5) is 5.69 Å². The van der Waals surface area contributed by atoms with E-state index in [9.17, 15) is 4.79 Å². The Hall–Kier alpha value is -1.39. The standard InChI is InChI=1S/C16H27N3O/c1-5-16(6-2,12-17)19(4)11-15(20)18-14-10-8-7-9-13(14)3/h7-10H,5-6,11-12,17H2,1-4H3,(H,18,20). The van der Waals surface area contributed by atoms with Gasteiger partial charge in [0.15, 0.2) is 0 Å². The first-order valence-corrected chi connectivity index (χ1v) is 7.26. The Morgan fingerprint density at radius 2 is 1.90 bits per heavy atom. The fraction of sp³-hybridized carbons (Fsp3) is 0.562. The third-order valence-corrected chi connectivity index (χ3v) is 4.31. The van der Waals surface area contributed by atoms with Gasteiger partial charge in [0, 0.05) is 17.8 Å². The molecule has 0 fully saturated rings. The second-order valence-corrected chi connectivity index (χ2v) is 5.35. The lowest BCUT2D eigenvalue weighted by Crippen LogP contribution is -2.53. The zero-order valence-electron chi connectivity index (χ0n) is 13.1. The van der Waals surface area contributed by atoms with E-state index < -0.39 is 0 Å². The third-order valence-electron chi connectivity index (χ3n) is 4.31. The van der Waals surface area contributed by atoms with E-state index in [1.807, 2.05) is 38.2 Å². The number of hydrogen-bond donors (Lipinski definition) is 2. The zero-order valence-corrected chi connectivity index (χ0v) is 13.1. The van der Waals surface area contributed by atoms with Crippen LogP contribution in [0.25, 0.3) is 0 Å². The number of nitrogens with one attached hydrogen (secondary N) is 1. The molecule has 4 heteroatoms. The molecule has 0 aliphatic carbocycles. The van der Waals surface area contributed by atoms with Gasteiger partial charge in [0.2, 0.25) is 5.91 Å². The molecule has 0 aromatic heterocycles. The molecule has 0 aliphatic heterocycles. The van der Waals surface area contributed by atoms with E-state index in [0.717, 1.165) is 24.1 Å². The van der Waals surface area contributed by atoms with Crippen molar-refractivity contribution in [2.45, 2.75) is 39.2 Å². The molecule has 0 saturated heterocycles. The fourth-order valence-electron chi connectivity index (χ4n) is 2.52. The van der Waals surface area contributed by atoms with E-state index in [2.05, 4.69) is 24.1 Å². The van der Waals surface area contributed by atoms with E-state index in [4.69, 9.17) is 5.73 Å². The number of likely N-dealkylation sites (N-methyl/N-ethyl adjacent to an activating group) is 1. The maximum Gasteiger partial charge on any atom is 0.238 e. The molecule has 1 rings (SSSR count). The van der Waals surface area contributed by atoms with Gasteiger partial charge in [0.25, 0.3) is 0 Å². The lowest BCUT2D eigenvalue weighted by Gasteiger charge is -2.39. The van der Waals surface area contributed by atoms with Crippen LogP contribution in [0, 0.1) is 6.92 Å². The summed E-state index contributed by atoms with van der Waals surface area (Å²) in [5, 5.41) is 2.96. The average molecular weight is 277 g/mol. The molecule has 0 bridgehead atoms. The second-order valence-electron chi connectivity index (χ2n) is 5.35. The summed E-state index contributed by atoms with van der Waals surface area (Å²) in [6.07, 6.45) is 1.88. The molecule has 0 atom stereocenters. The highest BCUT2D eigenvalue weighted by Gasteiger charge is 2.30. The number of hydrogen-bond acceptors (Lipinski definition) is 3. The number of carbonyl (C=O) groups excluding carboxylic acids is 1. The van der Waals surface area contributed by atoms with Crippen molar-refractivity contribution in [3.63, 3.8) is 0 Å². The predicted molar refractivity (Wildman–Crippen MR) is 84.8 cm³/mol. The van der Waals surface area contributed by atoms with Crippen molar-refractivity contribution in [3.8, 4) is 0 Å². The number of amides is 1. The van der Waals surface area contributed by atoms with E-state index in [0.29, 0.717) is 13.1 Å². The Morgan fingerprint density at radius 1 is 1.30 bits per heavy atom. The van der Waals surface area contributed by atoms with Crippen molar-refractivity contribution in [2.75, 3.05) is 25.5 Å². The summed E-state index contributed by atoms with van der Waals surface area (Å²) >= 11 is 0. The molecule has 0 spiro atoms. The molecule has 0 aliphatic rings. The molecule has 0 radical (unpaired) electrons. The predicted octanol–water partition coefficient (Wildman–Crippen LogP) is 2.38. The molecular formula is C16H27N3O. The zero-order chi connectivity index (χ0) is 15.2. The van der Waals surface area contributed by atoms with Crippen LogP contribution in [0.15, 0.2) is 24.3 Å². The minimum absolute atomic E-state index is 0.00141. The molecule has 0 unspecified atom stereocenters. The van der Waals surface area contributed by atoms with E-state index in [1.165, 1.54) is 0 Å². The summed E-state index contributed by atoms with van der Waals surface area (Å²) in [7, 11) is 1.97. The highest BCUT2D eigenvalue weighted by molar-refractivity contribution is 5.92. The maximum absolute atomic E-state index is 12.2. The minimum atomic E-state index is -0.0942. The molecule has 1 aromatic rings. The van der Waals surface area contributed by atoms with Gasteiger partial charge in [-0.2, -0.15) is 0 Å². The fourth-order valence-corrected chi connectivity index (χ4v) is 2.52. The number of aryl methyl sites for hydroxylation is 1. The lowest BCUT2D eigenvalue weighted by atomic mass is 9.91. The van der Waals surface area contributed by atoms with E-state index in [-0.39, 0.29) is 11.4 Å². The van der Waals surface area contributed by atoms with Crippen molar-refractivity contribution in [1.82, 2.24) is 4.90 Å². The average Bonchev–Trinajstić information content (AvgIpc) is 2.44. The van der Waals surface area contributed by atoms with Gasteiger partial charge in [-0.25, -0.2) is 0 Å². The number of para-hydroxylation sites is 1. The van der Waals surface area contributed by atoms with Crippen LogP contribution in [0.5, 0.6) is 0 Å². The van der Waals surface area contributed by atoms with Crippen LogP contribution in [0.2, 0.25) is 0 Å². The first-order chi connectivity index (χ1) is 9.49. The Labute approximate surface area is 122 Å². The van der Waals surface area contributed by atoms with E-state index >= 15 is 0 Å². The summed E-state index contributed by atoms with van der Waals surface area (Å²) in [5.41, 5.74) is 7.76. The second kappa shape index (κ2) is 7.41. The highest BCUT2D eigenvalue weighted by Crippen LogP contribution is 2.21. The Bertz CT molecular complexity index is 433. The van der Waals surface area contributed by atoms with Gasteiger partial charge in [-0.3, -0.25) is 9.69 Å². The van der Waals surface area contributed by atoms with Crippen molar-refractivity contribution in [1.29, 1.82) is 0 Å². The van der Waals surface area contributed by atoms with Crippen LogP contribution >= 0.6 is 0 Å². The van der Waals surface area contributed by atoms with Crippen molar-refractivity contribution >= 4 is 11.6 Å².